The third-order valence-electron chi connectivity index (χ3n) is 5.01. The summed E-state index contributed by atoms with van der Waals surface area (Å²) in [4.78, 5) is 37.6. The first-order valence-corrected chi connectivity index (χ1v) is 11.6. The molecule has 0 saturated carbocycles. The highest BCUT2D eigenvalue weighted by Gasteiger charge is 2.24. The Balaban J connectivity index is 1.99. The van der Waals surface area contributed by atoms with Crippen molar-refractivity contribution in [2.45, 2.75) is 64.3 Å². The van der Waals surface area contributed by atoms with Crippen molar-refractivity contribution in [1.82, 2.24) is 10.6 Å². The number of alkyl carbamates (subject to hydrolysis) is 1. The SMILES string of the molecule is CC(C)(C)OC(=O)NCCC[C@H](NC(=O)[C@@H](N)Cc1ccccc1)C(=O)Nc1ccc(CO)cc1. The maximum atomic E-state index is 13.0. The summed E-state index contributed by atoms with van der Waals surface area (Å²) in [5, 5.41) is 17.4. The maximum absolute atomic E-state index is 13.0. The van der Waals surface area contributed by atoms with Crippen molar-refractivity contribution in [3.63, 3.8) is 0 Å². The van der Waals surface area contributed by atoms with Crippen LogP contribution in [0.4, 0.5) is 10.5 Å². The summed E-state index contributed by atoms with van der Waals surface area (Å²) in [6.07, 6.45) is 0.496. The van der Waals surface area contributed by atoms with E-state index in [1.54, 1.807) is 45.0 Å². The van der Waals surface area contributed by atoms with Gasteiger partial charge in [0, 0.05) is 12.2 Å². The van der Waals surface area contributed by atoms with Crippen LogP contribution >= 0.6 is 0 Å². The van der Waals surface area contributed by atoms with Gasteiger partial charge in [0.25, 0.3) is 0 Å². The smallest absolute Gasteiger partial charge is 0.407 e. The normalized spacial score (nSPS) is 12.8. The Bertz CT molecular complexity index is 958. The minimum absolute atomic E-state index is 0.100. The molecule has 0 fully saturated rings. The summed E-state index contributed by atoms with van der Waals surface area (Å²) >= 11 is 0. The lowest BCUT2D eigenvalue weighted by molar-refractivity contribution is -0.127. The van der Waals surface area contributed by atoms with Crippen molar-refractivity contribution in [2.75, 3.05) is 11.9 Å². The molecular weight excluding hydrogens is 448 g/mol. The van der Waals surface area contributed by atoms with Crippen molar-refractivity contribution < 1.29 is 24.2 Å². The Labute approximate surface area is 206 Å². The number of hydrogen-bond donors (Lipinski definition) is 5. The van der Waals surface area contributed by atoms with Crippen molar-refractivity contribution in [1.29, 1.82) is 0 Å². The van der Waals surface area contributed by atoms with E-state index in [4.69, 9.17) is 10.5 Å². The van der Waals surface area contributed by atoms with Gasteiger partial charge in [-0.15, -0.1) is 0 Å². The molecule has 190 valence electrons. The van der Waals surface area contributed by atoms with Gasteiger partial charge >= 0.3 is 6.09 Å². The van der Waals surface area contributed by atoms with Crippen molar-refractivity contribution in [2.24, 2.45) is 5.73 Å². The highest BCUT2D eigenvalue weighted by molar-refractivity contribution is 5.97. The van der Waals surface area contributed by atoms with E-state index in [2.05, 4.69) is 16.0 Å². The Morgan fingerprint density at radius 2 is 1.63 bits per heavy atom. The van der Waals surface area contributed by atoms with E-state index in [1.807, 2.05) is 30.3 Å². The quantitative estimate of drug-likeness (QED) is 0.310. The van der Waals surface area contributed by atoms with E-state index >= 15 is 0 Å². The number of carbonyl (C=O) groups excluding carboxylic acids is 3. The fourth-order valence-corrected chi connectivity index (χ4v) is 3.24. The molecule has 0 spiro atoms. The predicted octanol–water partition coefficient (Wildman–Crippen LogP) is 2.48. The van der Waals surface area contributed by atoms with Crippen LogP contribution in [-0.4, -0.2) is 47.2 Å². The van der Waals surface area contributed by atoms with Gasteiger partial charge in [0.1, 0.15) is 11.6 Å². The number of amides is 3. The third-order valence-corrected chi connectivity index (χ3v) is 5.01. The van der Waals surface area contributed by atoms with Gasteiger partial charge in [-0.25, -0.2) is 4.79 Å². The molecule has 0 saturated heterocycles. The number of benzene rings is 2. The summed E-state index contributed by atoms with van der Waals surface area (Å²) < 4.78 is 5.21. The minimum atomic E-state index is -0.859. The second kappa shape index (κ2) is 13.5. The van der Waals surface area contributed by atoms with Crippen LogP contribution in [0.15, 0.2) is 54.6 Å². The number of anilines is 1. The molecule has 0 aliphatic rings. The number of nitrogens with two attached hydrogens (primary N) is 1. The van der Waals surface area contributed by atoms with Gasteiger partial charge in [-0.2, -0.15) is 0 Å². The van der Waals surface area contributed by atoms with Crippen LogP contribution in [0.3, 0.4) is 0 Å². The molecule has 0 bridgehead atoms. The standard InChI is InChI=1S/C26H36N4O5/c1-26(2,3)35-25(34)28-15-7-10-22(24(33)29-20-13-11-19(17-31)12-14-20)30-23(32)21(27)16-18-8-5-4-6-9-18/h4-6,8-9,11-14,21-22,31H,7,10,15-17,27H2,1-3H3,(H,28,34)(H,29,33)(H,30,32)/t21-,22-/m0/s1. The average Bonchev–Trinajstić information content (AvgIpc) is 2.80. The molecule has 0 aliphatic carbocycles. The first kappa shape index (κ1) is 27.8. The van der Waals surface area contributed by atoms with Crippen LogP contribution in [0.5, 0.6) is 0 Å². The Hall–Kier alpha value is -3.43. The zero-order valence-electron chi connectivity index (χ0n) is 20.5. The fraction of sp³-hybridized carbons (Fsp3) is 0.423. The number of aliphatic hydroxyl groups excluding tert-OH is 1. The topological polar surface area (TPSA) is 143 Å². The van der Waals surface area contributed by atoms with Crippen molar-refractivity contribution in [3.8, 4) is 0 Å². The van der Waals surface area contributed by atoms with E-state index in [0.29, 0.717) is 24.1 Å². The molecule has 3 amide bonds. The van der Waals surface area contributed by atoms with E-state index in [1.165, 1.54) is 0 Å². The largest absolute Gasteiger partial charge is 0.444 e. The lowest BCUT2D eigenvalue weighted by atomic mass is 10.0. The lowest BCUT2D eigenvalue weighted by Crippen LogP contribution is -2.50. The number of ether oxygens (including phenoxy) is 1. The summed E-state index contributed by atoms with van der Waals surface area (Å²) in [7, 11) is 0. The van der Waals surface area contributed by atoms with Crippen molar-refractivity contribution in [3.05, 3.63) is 65.7 Å². The fourth-order valence-electron chi connectivity index (χ4n) is 3.24. The van der Waals surface area contributed by atoms with Crippen molar-refractivity contribution >= 4 is 23.6 Å². The van der Waals surface area contributed by atoms with Gasteiger partial charge in [0.15, 0.2) is 0 Å². The lowest BCUT2D eigenvalue weighted by Gasteiger charge is -2.22. The molecule has 2 aromatic carbocycles. The molecule has 2 atom stereocenters. The van der Waals surface area contributed by atoms with Gasteiger partial charge in [-0.05, 0) is 63.3 Å². The maximum Gasteiger partial charge on any atom is 0.407 e. The van der Waals surface area contributed by atoms with Crippen LogP contribution in [0.25, 0.3) is 0 Å². The van der Waals surface area contributed by atoms with Gasteiger partial charge in [-0.1, -0.05) is 42.5 Å². The van der Waals surface area contributed by atoms with Crippen LogP contribution < -0.4 is 21.7 Å². The first-order valence-electron chi connectivity index (χ1n) is 11.6. The zero-order chi connectivity index (χ0) is 25.8. The number of aliphatic hydroxyl groups is 1. The Morgan fingerprint density at radius 1 is 0.971 bits per heavy atom. The summed E-state index contributed by atoms with van der Waals surface area (Å²) in [6, 6.07) is 14.5. The molecule has 2 aromatic rings. The van der Waals surface area contributed by atoms with Crippen LogP contribution in [0, 0.1) is 0 Å². The van der Waals surface area contributed by atoms with E-state index in [0.717, 1.165) is 5.56 Å². The second-order valence-corrected chi connectivity index (χ2v) is 9.27. The first-order chi connectivity index (χ1) is 16.6. The molecule has 6 N–H and O–H groups in total. The molecule has 0 heterocycles. The van der Waals surface area contributed by atoms with Gasteiger partial charge in [-0.3, -0.25) is 9.59 Å². The Morgan fingerprint density at radius 3 is 2.23 bits per heavy atom. The van der Waals surface area contributed by atoms with Crippen LogP contribution in [0.1, 0.15) is 44.7 Å². The van der Waals surface area contributed by atoms with Gasteiger partial charge in [0.05, 0.1) is 12.6 Å². The zero-order valence-corrected chi connectivity index (χ0v) is 20.5. The molecular formula is C26H36N4O5. The van der Waals surface area contributed by atoms with Gasteiger partial charge in [0.2, 0.25) is 11.8 Å². The average molecular weight is 485 g/mol. The summed E-state index contributed by atoms with van der Waals surface area (Å²) in [6.45, 7) is 5.49. The van der Waals surface area contributed by atoms with Gasteiger partial charge < -0.3 is 31.5 Å². The molecule has 0 aliphatic heterocycles. The van der Waals surface area contributed by atoms with Crippen LogP contribution in [0.2, 0.25) is 0 Å². The predicted molar refractivity (Wildman–Crippen MR) is 135 cm³/mol. The number of carbonyl (C=O) groups is 3. The molecule has 0 aromatic heterocycles. The summed E-state index contributed by atoms with van der Waals surface area (Å²) in [5.74, 6) is -0.844. The summed E-state index contributed by atoms with van der Waals surface area (Å²) in [5.41, 5.74) is 7.65. The molecule has 0 unspecified atom stereocenters. The Kier molecular flexibility index (Phi) is 10.7. The van der Waals surface area contributed by atoms with E-state index in [-0.39, 0.29) is 19.6 Å². The molecule has 35 heavy (non-hydrogen) atoms. The second-order valence-electron chi connectivity index (χ2n) is 9.27. The molecule has 9 heteroatoms. The van der Waals surface area contributed by atoms with E-state index in [9.17, 15) is 19.5 Å². The highest BCUT2D eigenvalue weighted by Crippen LogP contribution is 2.12. The monoisotopic (exact) mass is 484 g/mol. The molecule has 9 nitrogen and oxygen atoms in total. The highest BCUT2D eigenvalue weighted by atomic mass is 16.6. The van der Waals surface area contributed by atoms with E-state index < -0.39 is 35.6 Å². The number of rotatable bonds is 11. The molecule has 0 radical (unpaired) electrons. The number of nitrogens with one attached hydrogen (secondary N) is 3. The minimum Gasteiger partial charge on any atom is -0.444 e. The van der Waals surface area contributed by atoms with Crippen LogP contribution in [-0.2, 0) is 27.4 Å². The third kappa shape index (κ3) is 10.6. The molecule has 2 rings (SSSR count). The number of hydrogen-bond acceptors (Lipinski definition) is 6.